The smallest absolute Gasteiger partial charge is 0.0438 e. The van der Waals surface area contributed by atoms with E-state index in [0.717, 1.165) is 30.2 Å². The van der Waals surface area contributed by atoms with Crippen molar-refractivity contribution < 1.29 is 0 Å². The molecule has 0 fully saturated rings. The molecular weight excluding hydrogens is 232 g/mol. The van der Waals surface area contributed by atoms with Crippen molar-refractivity contribution >= 4 is 11.6 Å². The zero-order valence-electron chi connectivity index (χ0n) is 11.1. The Kier molecular flexibility index (Phi) is 6.56. The van der Waals surface area contributed by atoms with E-state index in [2.05, 4.69) is 36.4 Å². The third-order valence-corrected chi connectivity index (χ3v) is 3.18. The molecule has 0 heterocycles. The average Bonchev–Trinajstić information content (AvgIpc) is 2.27. The third-order valence-electron chi connectivity index (χ3n) is 2.77. The molecule has 1 rings (SSSR count). The van der Waals surface area contributed by atoms with Crippen LogP contribution >= 0.6 is 11.6 Å². The fraction of sp³-hybridized carbons (Fsp3) is 0.571. The summed E-state index contributed by atoms with van der Waals surface area (Å²) in [6, 6.07) is 6.25. The van der Waals surface area contributed by atoms with Gasteiger partial charge >= 0.3 is 0 Å². The van der Waals surface area contributed by atoms with Gasteiger partial charge in [0.25, 0.3) is 0 Å². The van der Waals surface area contributed by atoms with Crippen molar-refractivity contribution in [3.8, 4) is 0 Å². The molecule has 0 atom stereocenters. The first-order valence-electron chi connectivity index (χ1n) is 6.20. The molecule has 0 unspecified atom stereocenters. The Balaban J connectivity index is 2.16. The summed E-state index contributed by atoms with van der Waals surface area (Å²) in [4.78, 5) is 2.22. The lowest BCUT2D eigenvalue weighted by molar-refractivity contribution is 0.391. The van der Waals surface area contributed by atoms with Gasteiger partial charge in [-0.15, -0.1) is 0 Å². The maximum absolute atomic E-state index is 6.08. The number of nitrogens with zero attached hydrogens (tertiary/aromatic N) is 1. The number of benzene rings is 1. The summed E-state index contributed by atoms with van der Waals surface area (Å²) in [6.45, 7) is 5.17. The number of rotatable bonds is 7. The minimum atomic E-state index is 0.858. The van der Waals surface area contributed by atoms with Gasteiger partial charge < -0.3 is 10.2 Å². The molecule has 1 aromatic rings. The molecular formula is C14H23ClN2. The largest absolute Gasteiger partial charge is 0.313 e. The summed E-state index contributed by atoms with van der Waals surface area (Å²) in [7, 11) is 4.23. The Labute approximate surface area is 110 Å². The Morgan fingerprint density at radius 1 is 1.24 bits per heavy atom. The van der Waals surface area contributed by atoms with Crippen LogP contribution in [-0.4, -0.2) is 32.1 Å². The van der Waals surface area contributed by atoms with Crippen LogP contribution in [0, 0.1) is 6.92 Å². The van der Waals surface area contributed by atoms with Gasteiger partial charge in [0.15, 0.2) is 0 Å². The van der Waals surface area contributed by atoms with E-state index in [1.165, 1.54) is 18.4 Å². The van der Waals surface area contributed by atoms with Crippen molar-refractivity contribution in [3.05, 3.63) is 34.3 Å². The molecule has 0 bridgehead atoms. The lowest BCUT2D eigenvalue weighted by atomic mass is 10.1. The van der Waals surface area contributed by atoms with Gasteiger partial charge in [-0.05, 0) is 64.1 Å². The molecule has 3 heteroatoms. The van der Waals surface area contributed by atoms with E-state index in [-0.39, 0.29) is 0 Å². The topological polar surface area (TPSA) is 15.3 Å². The van der Waals surface area contributed by atoms with Crippen molar-refractivity contribution in [3.63, 3.8) is 0 Å². The van der Waals surface area contributed by atoms with Crippen molar-refractivity contribution in [1.29, 1.82) is 0 Å². The van der Waals surface area contributed by atoms with Crippen LogP contribution in [0.4, 0.5) is 0 Å². The van der Waals surface area contributed by atoms with E-state index in [4.69, 9.17) is 11.6 Å². The molecule has 0 aromatic heterocycles. The second-order valence-corrected chi connectivity index (χ2v) is 5.18. The van der Waals surface area contributed by atoms with Gasteiger partial charge in [0.1, 0.15) is 0 Å². The van der Waals surface area contributed by atoms with Crippen LogP contribution < -0.4 is 5.32 Å². The van der Waals surface area contributed by atoms with Crippen molar-refractivity contribution in [1.82, 2.24) is 10.2 Å². The second-order valence-electron chi connectivity index (χ2n) is 4.77. The first kappa shape index (κ1) is 14.5. The number of nitrogens with one attached hydrogen (secondary N) is 1. The summed E-state index contributed by atoms with van der Waals surface area (Å²) in [6.07, 6.45) is 2.46. The molecule has 0 saturated carbocycles. The molecule has 0 saturated heterocycles. The van der Waals surface area contributed by atoms with Crippen LogP contribution in [0.15, 0.2) is 18.2 Å². The molecule has 0 spiro atoms. The number of hydrogen-bond donors (Lipinski definition) is 1. The summed E-state index contributed by atoms with van der Waals surface area (Å²) in [5.74, 6) is 0. The van der Waals surface area contributed by atoms with Crippen molar-refractivity contribution in [2.45, 2.75) is 26.3 Å². The molecule has 0 aliphatic rings. The van der Waals surface area contributed by atoms with E-state index < -0.39 is 0 Å². The lowest BCUT2D eigenvalue weighted by Gasteiger charge is -2.09. The van der Waals surface area contributed by atoms with Crippen LogP contribution in [0.2, 0.25) is 5.02 Å². The molecule has 17 heavy (non-hydrogen) atoms. The van der Waals surface area contributed by atoms with Crippen molar-refractivity contribution in [2.75, 3.05) is 27.2 Å². The third kappa shape index (κ3) is 6.06. The second kappa shape index (κ2) is 7.70. The van der Waals surface area contributed by atoms with Gasteiger partial charge in [0, 0.05) is 11.6 Å². The number of unbranched alkanes of at least 4 members (excludes halogenated alkanes) is 1. The fourth-order valence-electron chi connectivity index (χ4n) is 1.66. The summed E-state index contributed by atoms with van der Waals surface area (Å²) in [5, 5.41) is 4.30. The minimum Gasteiger partial charge on any atom is -0.313 e. The zero-order chi connectivity index (χ0) is 12.7. The zero-order valence-corrected chi connectivity index (χ0v) is 11.8. The van der Waals surface area contributed by atoms with Crippen molar-refractivity contribution in [2.24, 2.45) is 0 Å². The Morgan fingerprint density at radius 3 is 2.65 bits per heavy atom. The predicted molar refractivity (Wildman–Crippen MR) is 75.7 cm³/mol. The molecule has 2 nitrogen and oxygen atoms in total. The predicted octanol–water partition coefficient (Wildman–Crippen LogP) is 3.08. The fourth-order valence-corrected chi connectivity index (χ4v) is 1.86. The standard InChI is InChI=1S/C14H23ClN2/c1-12-6-7-13(10-14(12)15)11-16-8-4-5-9-17(2)3/h6-7,10,16H,4-5,8-9,11H2,1-3H3. The summed E-state index contributed by atoms with van der Waals surface area (Å²) >= 11 is 6.08. The highest BCUT2D eigenvalue weighted by Crippen LogP contribution is 2.16. The number of hydrogen-bond acceptors (Lipinski definition) is 2. The van der Waals surface area contributed by atoms with Gasteiger partial charge in [-0.2, -0.15) is 0 Å². The van der Waals surface area contributed by atoms with E-state index in [9.17, 15) is 0 Å². The first-order valence-corrected chi connectivity index (χ1v) is 6.58. The van der Waals surface area contributed by atoms with E-state index >= 15 is 0 Å². The number of aryl methyl sites for hydroxylation is 1. The van der Waals surface area contributed by atoms with Crippen LogP contribution in [0.1, 0.15) is 24.0 Å². The molecule has 0 aliphatic heterocycles. The van der Waals surface area contributed by atoms with E-state index in [0.29, 0.717) is 0 Å². The van der Waals surface area contributed by atoms with E-state index in [1.807, 2.05) is 13.0 Å². The van der Waals surface area contributed by atoms with Crippen LogP contribution in [0.5, 0.6) is 0 Å². The molecule has 0 aliphatic carbocycles. The minimum absolute atomic E-state index is 0.858. The molecule has 1 N–H and O–H groups in total. The Hall–Kier alpha value is -0.570. The molecule has 0 radical (unpaired) electrons. The van der Waals surface area contributed by atoms with Gasteiger partial charge in [0.05, 0.1) is 0 Å². The summed E-state index contributed by atoms with van der Waals surface area (Å²) < 4.78 is 0. The normalized spacial score (nSPS) is 11.1. The summed E-state index contributed by atoms with van der Waals surface area (Å²) in [5.41, 5.74) is 2.40. The monoisotopic (exact) mass is 254 g/mol. The highest BCUT2D eigenvalue weighted by Gasteiger charge is 1.97. The highest BCUT2D eigenvalue weighted by molar-refractivity contribution is 6.31. The quantitative estimate of drug-likeness (QED) is 0.753. The van der Waals surface area contributed by atoms with Gasteiger partial charge in [-0.1, -0.05) is 23.7 Å². The maximum Gasteiger partial charge on any atom is 0.0438 e. The van der Waals surface area contributed by atoms with Crippen LogP contribution in [0.3, 0.4) is 0 Å². The Bertz CT molecular complexity index is 337. The molecule has 1 aromatic carbocycles. The van der Waals surface area contributed by atoms with Crippen LogP contribution in [0.25, 0.3) is 0 Å². The molecule has 96 valence electrons. The average molecular weight is 255 g/mol. The van der Waals surface area contributed by atoms with Gasteiger partial charge in [-0.25, -0.2) is 0 Å². The SMILES string of the molecule is Cc1ccc(CNCCCCN(C)C)cc1Cl. The highest BCUT2D eigenvalue weighted by atomic mass is 35.5. The van der Waals surface area contributed by atoms with Crippen LogP contribution in [-0.2, 0) is 6.54 Å². The van der Waals surface area contributed by atoms with Gasteiger partial charge in [-0.3, -0.25) is 0 Å². The van der Waals surface area contributed by atoms with E-state index in [1.54, 1.807) is 0 Å². The first-order chi connectivity index (χ1) is 8.09. The maximum atomic E-state index is 6.08. The number of halogens is 1. The van der Waals surface area contributed by atoms with Gasteiger partial charge in [0.2, 0.25) is 0 Å². The lowest BCUT2D eigenvalue weighted by Crippen LogP contribution is -2.18. The molecule has 0 amide bonds. The Morgan fingerprint density at radius 2 is 2.00 bits per heavy atom.